The third-order valence-corrected chi connectivity index (χ3v) is 5.14. The predicted molar refractivity (Wildman–Crippen MR) is 102 cm³/mol. The molecule has 0 bridgehead atoms. The number of pyridine rings is 1. The summed E-state index contributed by atoms with van der Waals surface area (Å²) in [6.45, 7) is 7.97. The Bertz CT molecular complexity index is 877. The summed E-state index contributed by atoms with van der Waals surface area (Å²) in [4.78, 5) is 31.5. The van der Waals surface area contributed by atoms with Crippen LogP contribution in [0.25, 0.3) is 10.9 Å². The SMILES string of the molecule is CCN1CCC(N(CC)c2cc(OC)cc3c(=O)cc(C(=O)O)[nH]c23)C1. The molecule has 0 amide bonds. The van der Waals surface area contributed by atoms with E-state index in [1.165, 1.54) is 0 Å². The summed E-state index contributed by atoms with van der Waals surface area (Å²) in [6.07, 6.45) is 1.03. The van der Waals surface area contributed by atoms with Crippen molar-refractivity contribution >= 4 is 22.6 Å². The van der Waals surface area contributed by atoms with Gasteiger partial charge in [-0.1, -0.05) is 6.92 Å². The number of aromatic amines is 1. The second kappa shape index (κ2) is 7.37. The van der Waals surface area contributed by atoms with Crippen molar-refractivity contribution in [1.29, 1.82) is 0 Å². The van der Waals surface area contributed by atoms with Crippen LogP contribution in [-0.4, -0.2) is 60.3 Å². The Morgan fingerprint density at radius 2 is 2.15 bits per heavy atom. The predicted octanol–water partition coefficient (Wildman–Crippen LogP) is 2.16. The van der Waals surface area contributed by atoms with Crippen LogP contribution in [0.4, 0.5) is 5.69 Å². The number of carboxylic acids is 1. The van der Waals surface area contributed by atoms with E-state index in [9.17, 15) is 14.7 Å². The molecule has 1 atom stereocenters. The van der Waals surface area contributed by atoms with E-state index in [1.54, 1.807) is 13.2 Å². The van der Waals surface area contributed by atoms with Gasteiger partial charge in [0.05, 0.1) is 23.7 Å². The van der Waals surface area contributed by atoms with Crippen LogP contribution in [0.1, 0.15) is 30.8 Å². The number of ether oxygens (including phenoxy) is 1. The number of H-pyrrole nitrogens is 1. The van der Waals surface area contributed by atoms with Gasteiger partial charge in [0.15, 0.2) is 5.43 Å². The minimum atomic E-state index is -1.15. The summed E-state index contributed by atoms with van der Waals surface area (Å²) in [6, 6.07) is 4.97. The van der Waals surface area contributed by atoms with Gasteiger partial charge in [0, 0.05) is 37.8 Å². The molecule has 1 aromatic carbocycles. The minimum absolute atomic E-state index is 0.105. The van der Waals surface area contributed by atoms with Gasteiger partial charge in [-0.05, 0) is 26.0 Å². The molecular weight excluding hydrogens is 334 g/mol. The highest BCUT2D eigenvalue weighted by atomic mass is 16.5. The fourth-order valence-electron chi connectivity index (χ4n) is 3.74. The number of hydrogen-bond acceptors (Lipinski definition) is 5. The molecule has 3 rings (SSSR count). The van der Waals surface area contributed by atoms with Crippen LogP contribution in [0.5, 0.6) is 5.75 Å². The number of nitrogens with zero attached hydrogens (tertiary/aromatic N) is 2. The lowest BCUT2D eigenvalue weighted by molar-refractivity contribution is 0.0691. The van der Waals surface area contributed by atoms with E-state index < -0.39 is 5.97 Å². The molecule has 26 heavy (non-hydrogen) atoms. The monoisotopic (exact) mass is 359 g/mol. The number of aromatic carboxylic acids is 1. The average Bonchev–Trinajstić information content (AvgIpc) is 3.11. The minimum Gasteiger partial charge on any atom is -0.497 e. The fourth-order valence-corrected chi connectivity index (χ4v) is 3.74. The smallest absolute Gasteiger partial charge is 0.352 e. The first-order valence-electron chi connectivity index (χ1n) is 8.95. The highest BCUT2D eigenvalue weighted by Gasteiger charge is 2.28. The second-order valence-electron chi connectivity index (χ2n) is 6.54. The molecule has 1 unspecified atom stereocenters. The molecule has 1 saturated heterocycles. The maximum atomic E-state index is 12.5. The van der Waals surface area contributed by atoms with E-state index >= 15 is 0 Å². The second-order valence-corrected chi connectivity index (χ2v) is 6.54. The number of aromatic nitrogens is 1. The van der Waals surface area contributed by atoms with Crippen LogP contribution in [0, 0.1) is 0 Å². The average molecular weight is 359 g/mol. The Balaban J connectivity index is 2.18. The van der Waals surface area contributed by atoms with Gasteiger partial charge in [0.2, 0.25) is 0 Å². The van der Waals surface area contributed by atoms with Crippen molar-refractivity contribution in [3.05, 3.63) is 34.1 Å². The van der Waals surface area contributed by atoms with E-state index in [1.807, 2.05) is 6.07 Å². The Hall–Kier alpha value is -2.54. The van der Waals surface area contributed by atoms with Crippen molar-refractivity contribution in [3.63, 3.8) is 0 Å². The molecule has 1 aliphatic rings. The van der Waals surface area contributed by atoms with Gasteiger partial charge in [-0.2, -0.15) is 0 Å². The number of likely N-dealkylation sites (tertiary alicyclic amines) is 1. The lowest BCUT2D eigenvalue weighted by Gasteiger charge is -2.31. The summed E-state index contributed by atoms with van der Waals surface area (Å²) in [7, 11) is 1.56. The lowest BCUT2D eigenvalue weighted by atomic mass is 10.1. The number of fused-ring (bicyclic) bond motifs is 1. The van der Waals surface area contributed by atoms with Crippen LogP contribution >= 0.6 is 0 Å². The maximum absolute atomic E-state index is 12.5. The van der Waals surface area contributed by atoms with Gasteiger partial charge < -0.3 is 24.6 Å². The molecule has 2 N–H and O–H groups in total. The zero-order valence-electron chi connectivity index (χ0n) is 15.4. The van der Waals surface area contributed by atoms with Crippen molar-refractivity contribution in [3.8, 4) is 5.75 Å². The van der Waals surface area contributed by atoms with Gasteiger partial charge in [-0.25, -0.2) is 4.79 Å². The van der Waals surface area contributed by atoms with E-state index in [0.717, 1.165) is 44.4 Å². The van der Waals surface area contributed by atoms with Gasteiger partial charge in [-0.15, -0.1) is 0 Å². The number of methoxy groups -OCH3 is 1. The maximum Gasteiger partial charge on any atom is 0.352 e. The van der Waals surface area contributed by atoms with Crippen LogP contribution in [0.2, 0.25) is 0 Å². The van der Waals surface area contributed by atoms with E-state index in [-0.39, 0.29) is 11.1 Å². The van der Waals surface area contributed by atoms with Crippen LogP contribution in [0.3, 0.4) is 0 Å². The van der Waals surface area contributed by atoms with Crippen LogP contribution in [-0.2, 0) is 0 Å². The summed E-state index contributed by atoms with van der Waals surface area (Å²) in [5.74, 6) is -0.559. The first-order chi connectivity index (χ1) is 12.5. The molecule has 0 spiro atoms. The molecular formula is C19H25N3O4. The number of carboxylic acid groups (broad SMARTS) is 1. The summed E-state index contributed by atoms with van der Waals surface area (Å²) < 4.78 is 5.39. The molecule has 1 aliphatic heterocycles. The Morgan fingerprint density at radius 3 is 2.73 bits per heavy atom. The summed E-state index contributed by atoms with van der Waals surface area (Å²) >= 11 is 0. The lowest BCUT2D eigenvalue weighted by Crippen LogP contribution is -2.38. The van der Waals surface area contributed by atoms with Gasteiger partial charge >= 0.3 is 5.97 Å². The van der Waals surface area contributed by atoms with Crippen molar-refractivity contribution < 1.29 is 14.6 Å². The third kappa shape index (κ3) is 3.26. The highest BCUT2D eigenvalue weighted by Crippen LogP contribution is 2.32. The molecule has 1 aromatic heterocycles. The quantitative estimate of drug-likeness (QED) is 0.822. The number of rotatable bonds is 6. The third-order valence-electron chi connectivity index (χ3n) is 5.14. The zero-order valence-corrected chi connectivity index (χ0v) is 15.4. The number of carbonyl (C=O) groups is 1. The molecule has 1 fully saturated rings. The van der Waals surface area contributed by atoms with Crippen LogP contribution < -0.4 is 15.1 Å². The van der Waals surface area contributed by atoms with E-state index in [4.69, 9.17) is 4.74 Å². The largest absolute Gasteiger partial charge is 0.497 e. The van der Waals surface area contributed by atoms with E-state index in [2.05, 4.69) is 28.6 Å². The molecule has 2 aromatic rings. The highest BCUT2D eigenvalue weighted by molar-refractivity contribution is 5.96. The fraction of sp³-hybridized carbons (Fsp3) is 0.474. The summed E-state index contributed by atoms with van der Waals surface area (Å²) in [5, 5.41) is 9.76. The van der Waals surface area contributed by atoms with Crippen molar-refractivity contribution in [1.82, 2.24) is 9.88 Å². The number of nitrogens with one attached hydrogen (secondary N) is 1. The molecule has 7 nitrogen and oxygen atoms in total. The molecule has 0 aliphatic carbocycles. The normalized spacial score (nSPS) is 17.6. The van der Waals surface area contributed by atoms with Gasteiger partial charge in [0.25, 0.3) is 0 Å². The first-order valence-corrected chi connectivity index (χ1v) is 8.95. The zero-order chi connectivity index (χ0) is 18.8. The van der Waals surface area contributed by atoms with Crippen molar-refractivity contribution in [2.75, 3.05) is 38.2 Å². The molecule has 0 saturated carbocycles. The van der Waals surface area contributed by atoms with Crippen molar-refractivity contribution in [2.24, 2.45) is 0 Å². The molecule has 140 valence electrons. The Morgan fingerprint density at radius 1 is 1.38 bits per heavy atom. The molecule has 2 heterocycles. The molecule has 0 radical (unpaired) electrons. The van der Waals surface area contributed by atoms with Crippen molar-refractivity contribution in [2.45, 2.75) is 26.3 Å². The van der Waals surface area contributed by atoms with Gasteiger partial charge in [-0.3, -0.25) is 4.79 Å². The van der Waals surface area contributed by atoms with Gasteiger partial charge in [0.1, 0.15) is 11.4 Å². The topological polar surface area (TPSA) is 85.9 Å². The number of benzene rings is 1. The Kier molecular flexibility index (Phi) is 5.18. The first kappa shape index (κ1) is 18.3. The standard InChI is InChI=1S/C19H25N3O4/c1-4-21-7-6-12(11-21)22(5-2)16-9-13(26-3)8-14-17(23)10-15(19(24)25)20-18(14)16/h8-10,12H,4-7,11H2,1-3H3,(H,20,23)(H,24,25). The van der Waals surface area contributed by atoms with E-state index in [0.29, 0.717) is 22.7 Å². The Labute approximate surface area is 152 Å². The number of anilines is 1. The molecule has 7 heteroatoms. The number of hydrogen-bond donors (Lipinski definition) is 2. The summed E-state index contributed by atoms with van der Waals surface area (Å²) in [5.41, 5.74) is 0.929. The number of likely N-dealkylation sites (N-methyl/N-ethyl adjacent to an activating group) is 2. The van der Waals surface area contributed by atoms with Crippen LogP contribution in [0.15, 0.2) is 23.0 Å².